The maximum absolute atomic E-state index is 14.1. The molecule has 2 heterocycles. The van der Waals surface area contributed by atoms with Crippen molar-refractivity contribution in [2.75, 3.05) is 31.5 Å². The van der Waals surface area contributed by atoms with Crippen molar-refractivity contribution in [1.29, 1.82) is 0 Å². The second-order valence-corrected chi connectivity index (χ2v) is 6.87. The highest BCUT2D eigenvalue weighted by molar-refractivity contribution is 5.89. The molecule has 0 saturated carbocycles. The lowest BCUT2D eigenvalue weighted by atomic mass is 10.2. The molecule has 132 valence electrons. The number of urea groups is 1. The Hall–Kier alpha value is -1.82. The maximum Gasteiger partial charge on any atom is 0.321 e. The lowest BCUT2D eigenvalue weighted by Gasteiger charge is -2.23. The highest BCUT2D eigenvalue weighted by atomic mass is 19.1. The zero-order valence-corrected chi connectivity index (χ0v) is 14.4. The molecule has 0 spiro atoms. The molecule has 2 aliphatic heterocycles. The fourth-order valence-electron chi connectivity index (χ4n) is 3.47. The van der Waals surface area contributed by atoms with E-state index >= 15 is 0 Å². The number of nitrogens with zero attached hydrogens (tertiary/aromatic N) is 2. The number of rotatable bonds is 4. The second-order valence-electron chi connectivity index (χ2n) is 6.87. The van der Waals surface area contributed by atoms with Gasteiger partial charge >= 0.3 is 6.03 Å². The second kappa shape index (κ2) is 7.38. The van der Waals surface area contributed by atoms with E-state index in [1.54, 1.807) is 17.0 Å². The number of halogens is 1. The number of anilines is 1. The van der Waals surface area contributed by atoms with Crippen LogP contribution in [0, 0.1) is 5.82 Å². The number of hydrogen-bond acceptors (Lipinski definition) is 3. The molecule has 1 N–H and O–H groups in total. The molecule has 24 heavy (non-hydrogen) atoms. The first-order valence-corrected chi connectivity index (χ1v) is 8.79. The SMILES string of the molecule is CC(C)Oc1ccc(NC(=O)N2CC[C@@H](N3CCCC3)C2)c(F)c1. The van der Waals surface area contributed by atoms with Gasteiger partial charge in [0, 0.05) is 25.2 Å². The number of carbonyl (C=O) groups excluding carboxylic acids is 1. The third-order valence-electron chi connectivity index (χ3n) is 4.66. The number of amides is 2. The minimum Gasteiger partial charge on any atom is -0.491 e. The monoisotopic (exact) mass is 335 g/mol. The van der Waals surface area contributed by atoms with E-state index in [0.29, 0.717) is 11.8 Å². The molecule has 0 radical (unpaired) electrons. The molecular weight excluding hydrogens is 309 g/mol. The van der Waals surface area contributed by atoms with Crippen LogP contribution in [0.1, 0.15) is 33.1 Å². The fourth-order valence-corrected chi connectivity index (χ4v) is 3.47. The number of ether oxygens (including phenoxy) is 1. The van der Waals surface area contributed by atoms with Crippen LogP contribution in [-0.4, -0.2) is 54.2 Å². The van der Waals surface area contributed by atoms with Crippen molar-refractivity contribution in [2.24, 2.45) is 0 Å². The van der Waals surface area contributed by atoms with Crippen LogP contribution in [0.3, 0.4) is 0 Å². The Balaban J connectivity index is 1.57. The van der Waals surface area contributed by atoms with E-state index in [0.717, 1.165) is 32.6 Å². The van der Waals surface area contributed by atoms with Gasteiger partial charge in [-0.05, 0) is 58.3 Å². The molecule has 6 heteroatoms. The Morgan fingerprint density at radius 2 is 2.04 bits per heavy atom. The lowest BCUT2D eigenvalue weighted by Crippen LogP contribution is -2.38. The van der Waals surface area contributed by atoms with Gasteiger partial charge in [-0.25, -0.2) is 9.18 Å². The number of hydrogen-bond donors (Lipinski definition) is 1. The molecule has 2 amide bonds. The molecule has 1 atom stereocenters. The Morgan fingerprint density at radius 3 is 2.71 bits per heavy atom. The Morgan fingerprint density at radius 1 is 1.29 bits per heavy atom. The minimum absolute atomic E-state index is 0.0167. The molecular formula is C18H26FN3O2. The predicted molar refractivity (Wildman–Crippen MR) is 92.0 cm³/mol. The van der Waals surface area contributed by atoms with E-state index in [2.05, 4.69) is 10.2 Å². The van der Waals surface area contributed by atoms with Gasteiger partial charge in [0.15, 0.2) is 0 Å². The molecule has 0 aliphatic carbocycles. The summed E-state index contributed by atoms with van der Waals surface area (Å²) in [7, 11) is 0. The molecule has 0 bridgehead atoms. The number of likely N-dealkylation sites (tertiary alicyclic amines) is 2. The van der Waals surface area contributed by atoms with Gasteiger partial charge in [0.25, 0.3) is 0 Å². The van der Waals surface area contributed by atoms with Crippen LogP contribution in [0.15, 0.2) is 18.2 Å². The summed E-state index contributed by atoms with van der Waals surface area (Å²) in [5, 5.41) is 2.68. The third kappa shape index (κ3) is 3.98. The molecule has 5 nitrogen and oxygen atoms in total. The molecule has 3 rings (SSSR count). The summed E-state index contributed by atoms with van der Waals surface area (Å²) in [6.45, 7) is 7.48. The van der Waals surface area contributed by atoms with E-state index in [4.69, 9.17) is 4.74 Å². The molecule has 2 aliphatic rings. The van der Waals surface area contributed by atoms with E-state index < -0.39 is 5.82 Å². The van der Waals surface area contributed by atoms with Crippen LogP contribution >= 0.6 is 0 Å². The van der Waals surface area contributed by atoms with E-state index in [1.165, 1.54) is 18.9 Å². The van der Waals surface area contributed by atoms with Crippen molar-refractivity contribution in [1.82, 2.24) is 9.80 Å². The van der Waals surface area contributed by atoms with Crippen LogP contribution in [0.2, 0.25) is 0 Å². The van der Waals surface area contributed by atoms with Crippen LogP contribution in [0.25, 0.3) is 0 Å². The first-order chi connectivity index (χ1) is 11.5. The molecule has 2 saturated heterocycles. The molecule has 0 unspecified atom stereocenters. The average molecular weight is 335 g/mol. The average Bonchev–Trinajstić information content (AvgIpc) is 3.19. The highest BCUT2D eigenvalue weighted by Crippen LogP contribution is 2.24. The van der Waals surface area contributed by atoms with Crippen molar-refractivity contribution >= 4 is 11.7 Å². The summed E-state index contributed by atoms with van der Waals surface area (Å²) < 4.78 is 19.6. The summed E-state index contributed by atoms with van der Waals surface area (Å²) in [6, 6.07) is 4.76. The topological polar surface area (TPSA) is 44.8 Å². The molecule has 1 aromatic rings. The van der Waals surface area contributed by atoms with Gasteiger partial charge in [0.2, 0.25) is 0 Å². The summed E-state index contributed by atoms with van der Waals surface area (Å²) in [5.74, 6) is -0.00689. The molecule has 2 fully saturated rings. The lowest BCUT2D eigenvalue weighted by molar-refractivity contribution is 0.210. The molecule has 0 aromatic heterocycles. The quantitative estimate of drug-likeness (QED) is 0.918. The third-order valence-corrected chi connectivity index (χ3v) is 4.66. The maximum atomic E-state index is 14.1. The van der Waals surface area contributed by atoms with E-state index in [-0.39, 0.29) is 17.8 Å². The largest absolute Gasteiger partial charge is 0.491 e. The Bertz CT molecular complexity index is 588. The zero-order valence-electron chi connectivity index (χ0n) is 14.4. The summed E-state index contributed by atoms with van der Waals surface area (Å²) in [5.41, 5.74) is 0.195. The van der Waals surface area contributed by atoms with Crippen LogP contribution in [0.4, 0.5) is 14.9 Å². The zero-order chi connectivity index (χ0) is 17.1. The molecule has 1 aromatic carbocycles. The smallest absolute Gasteiger partial charge is 0.321 e. The van der Waals surface area contributed by atoms with Crippen molar-refractivity contribution in [3.63, 3.8) is 0 Å². The van der Waals surface area contributed by atoms with Gasteiger partial charge in [0.05, 0.1) is 11.8 Å². The van der Waals surface area contributed by atoms with Gasteiger partial charge < -0.3 is 15.0 Å². The minimum atomic E-state index is -0.475. The standard InChI is InChI=1S/C18H26FN3O2/c1-13(2)24-15-5-6-17(16(19)11-15)20-18(23)22-10-7-14(12-22)21-8-3-4-9-21/h5-6,11,13-14H,3-4,7-10,12H2,1-2H3,(H,20,23)/t14-/m1/s1. The predicted octanol–water partition coefficient (Wildman–Crippen LogP) is 3.31. The normalized spacial score (nSPS) is 21.5. The van der Waals surface area contributed by atoms with Crippen LogP contribution in [-0.2, 0) is 0 Å². The number of nitrogens with one attached hydrogen (secondary N) is 1. The van der Waals surface area contributed by atoms with E-state index in [1.807, 2.05) is 13.8 Å². The van der Waals surface area contributed by atoms with Crippen LogP contribution < -0.4 is 10.1 Å². The first kappa shape index (κ1) is 17.0. The van der Waals surface area contributed by atoms with Gasteiger partial charge in [0.1, 0.15) is 11.6 Å². The van der Waals surface area contributed by atoms with Gasteiger partial charge in [-0.15, -0.1) is 0 Å². The van der Waals surface area contributed by atoms with E-state index in [9.17, 15) is 9.18 Å². The first-order valence-electron chi connectivity index (χ1n) is 8.79. The van der Waals surface area contributed by atoms with Crippen molar-refractivity contribution in [3.05, 3.63) is 24.0 Å². The van der Waals surface area contributed by atoms with Crippen LogP contribution in [0.5, 0.6) is 5.75 Å². The summed E-state index contributed by atoms with van der Waals surface area (Å²) >= 11 is 0. The van der Waals surface area contributed by atoms with Gasteiger partial charge in [-0.1, -0.05) is 0 Å². The van der Waals surface area contributed by atoms with Crippen molar-refractivity contribution in [3.8, 4) is 5.75 Å². The number of carbonyl (C=O) groups is 1. The van der Waals surface area contributed by atoms with Gasteiger partial charge in [-0.3, -0.25) is 4.90 Å². The fraction of sp³-hybridized carbons (Fsp3) is 0.611. The van der Waals surface area contributed by atoms with Crippen molar-refractivity contribution < 1.29 is 13.9 Å². The highest BCUT2D eigenvalue weighted by Gasteiger charge is 2.31. The summed E-state index contributed by atoms with van der Waals surface area (Å²) in [6.07, 6.45) is 3.48. The van der Waals surface area contributed by atoms with Gasteiger partial charge in [-0.2, -0.15) is 0 Å². The summed E-state index contributed by atoms with van der Waals surface area (Å²) in [4.78, 5) is 16.6. The number of benzene rings is 1. The van der Waals surface area contributed by atoms with Crippen molar-refractivity contribution in [2.45, 2.75) is 45.3 Å². The Labute approximate surface area is 142 Å². The Kier molecular flexibility index (Phi) is 5.23.